The molecule has 1 aliphatic carbocycles. The van der Waals surface area contributed by atoms with Crippen LogP contribution in [0, 0.1) is 11.8 Å². The zero-order chi connectivity index (χ0) is 11.8. The molecule has 2 nitrogen and oxygen atoms in total. The molecule has 0 bridgehead atoms. The van der Waals surface area contributed by atoms with Gasteiger partial charge in [0.25, 0.3) is 0 Å². The van der Waals surface area contributed by atoms with Crippen molar-refractivity contribution in [1.29, 1.82) is 0 Å². The number of hydrogen-bond acceptors (Lipinski definition) is 3. The van der Waals surface area contributed by atoms with E-state index in [1.165, 1.54) is 31.6 Å². The van der Waals surface area contributed by atoms with Crippen molar-refractivity contribution in [2.45, 2.75) is 43.9 Å². The Morgan fingerprint density at radius 3 is 2.62 bits per heavy atom. The average Bonchev–Trinajstić information content (AvgIpc) is 2.95. The van der Waals surface area contributed by atoms with Crippen molar-refractivity contribution >= 4 is 11.8 Å². The number of hydrogen-bond donors (Lipinski definition) is 1. The third kappa shape index (κ3) is 2.27. The van der Waals surface area contributed by atoms with E-state index < -0.39 is 0 Å². The molecule has 3 heteroatoms. The minimum absolute atomic E-state index is 0.269. The second-order valence-corrected chi connectivity index (χ2v) is 7.23. The first-order chi connectivity index (χ1) is 7.60. The average molecular weight is 242 g/mol. The highest BCUT2D eigenvalue weighted by atomic mass is 32.2. The fourth-order valence-corrected chi connectivity index (χ4v) is 4.48. The summed E-state index contributed by atoms with van der Waals surface area (Å²) < 4.78 is 0. The van der Waals surface area contributed by atoms with Gasteiger partial charge in [-0.2, -0.15) is 11.8 Å². The Kier molecular flexibility index (Phi) is 3.87. The second kappa shape index (κ2) is 4.87. The Morgan fingerprint density at radius 1 is 1.44 bits per heavy atom. The summed E-state index contributed by atoms with van der Waals surface area (Å²) in [5.41, 5.74) is 6.37. The molecule has 0 amide bonds. The van der Waals surface area contributed by atoms with Crippen LogP contribution in [0.2, 0.25) is 0 Å². The largest absolute Gasteiger partial charge is 0.329 e. The number of nitrogens with zero attached hydrogens (tertiary/aromatic N) is 1. The van der Waals surface area contributed by atoms with E-state index in [2.05, 4.69) is 37.6 Å². The van der Waals surface area contributed by atoms with Gasteiger partial charge in [0, 0.05) is 23.9 Å². The van der Waals surface area contributed by atoms with Gasteiger partial charge in [0.2, 0.25) is 0 Å². The summed E-state index contributed by atoms with van der Waals surface area (Å²) >= 11 is 2.10. The van der Waals surface area contributed by atoms with Crippen LogP contribution in [0.3, 0.4) is 0 Å². The molecule has 4 atom stereocenters. The molecule has 0 radical (unpaired) electrons. The zero-order valence-electron chi connectivity index (χ0n) is 10.9. The molecular formula is C13H26N2S. The molecule has 0 spiro atoms. The highest BCUT2D eigenvalue weighted by Gasteiger charge is 2.44. The lowest BCUT2D eigenvalue weighted by molar-refractivity contribution is 0.105. The van der Waals surface area contributed by atoms with Gasteiger partial charge in [-0.25, -0.2) is 0 Å². The van der Waals surface area contributed by atoms with Gasteiger partial charge in [-0.1, -0.05) is 13.8 Å². The van der Waals surface area contributed by atoms with E-state index in [1.54, 1.807) is 0 Å². The van der Waals surface area contributed by atoms with Crippen LogP contribution in [0.4, 0.5) is 0 Å². The maximum atomic E-state index is 6.11. The normalized spacial score (nSPS) is 43.7. The molecule has 0 aromatic heterocycles. The highest BCUT2D eigenvalue weighted by Crippen LogP contribution is 2.42. The smallest absolute Gasteiger partial charge is 0.0444 e. The predicted octanol–water partition coefficient (Wildman–Crippen LogP) is 2.19. The molecule has 1 saturated carbocycles. The van der Waals surface area contributed by atoms with Crippen LogP contribution in [-0.2, 0) is 0 Å². The molecule has 1 aliphatic heterocycles. The zero-order valence-corrected chi connectivity index (χ0v) is 11.7. The SMILES string of the molecule is CC1CC1CN(C)C1(CN)CCCSC1C. The molecular weight excluding hydrogens is 216 g/mol. The molecule has 1 saturated heterocycles. The monoisotopic (exact) mass is 242 g/mol. The second-order valence-electron chi connectivity index (χ2n) is 5.78. The van der Waals surface area contributed by atoms with E-state index in [-0.39, 0.29) is 5.54 Å². The fraction of sp³-hybridized carbons (Fsp3) is 1.00. The van der Waals surface area contributed by atoms with Crippen molar-refractivity contribution in [2.75, 3.05) is 25.9 Å². The van der Waals surface area contributed by atoms with Crippen LogP contribution < -0.4 is 5.73 Å². The van der Waals surface area contributed by atoms with Gasteiger partial charge in [-0.05, 0) is 43.9 Å². The number of thioether (sulfide) groups is 1. The topological polar surface area (TPSA) is 29.3 Å². The van der Waals surface area contributed by atoms with Crippen molar-refractivity contribution in [1.82, 2.24) is 4.90 Å². The van der Waals surface area contributed by atoms with Gasteiger partial charge in [0.1, 0.15) is 0 Å². The van der Waals surface area contributed by atoms with Crippen molar-refractivity contribution in [2.24, 2.45) is 17.6 Å². The first kappa shape index (κ1) is 12.7. The van der Waals surface area contributed by atoms with Crippen LogP contribution >= 0.6 is 11.8 Å². The van der Waals surface area contributed by atoms with Crippen molar-refractivity contribution in [3.8, 4) is 0 Å². The van der Waals surface area contributed by atoms with E-state index in [9.17, 15) is 0 Å². The summed E-state index contributed by atoms with van der Waals surface area (Å²) in [4.78, 5) is 2.58. The summed E-state index contributed by atoms with van der Waals surface area (Å²) in [5.74, 6) is 3.20. The van der Waals surface area contributed by atoms with Crippen molar-refractivity contribution in [3.63, 3.8) is 0 Å². The van der Waals surface area contributed by atoms with Gasteiger partial charge < -0.3 is 5.73 Å². The lowest BCUT2D eigenvalue weighted by Crippen LogP contribution is -2.59. The standard InChI is InChI=1S/C13H26N2S/c1-10-7-12(10)8-15(3)13(9-14)5-4-6-16-11(13)2/h10-12H,4-9,14H2,1-3H3. The molecule has 2 fully saturated rings. The van der Waals surface area contributed by atoms with Crippen LogP contribution in [0.25, 0.3) is 0 Å². The maximum absolute atomic E-state index is 6.11. The predicted molar refractivity (Wildman–Crippen MR) is 72.8 cm³/mol. The minimum atomic E-state index is 0.269. The summed E-state index contributed by atoms with van der Waals surface area (Å²) in [5, 5.41) is 0.685. The minimum Gasteiger partial charge on any atom is -0.329 e. The van der Waals surface area contributed by atoms with Gasteiger partial charge in [-0.15, -0.1) is 0 Å². The van der Waals surface area contributed by atoms with E-state index in [1.807, 2.05) is 0 Å². The molecule has 4 unspecified atom stereocenters. The van der Waals surface area contributed by atoms with E-state index in [4.69, 9.17) is 5.73 Å². The van der Waals surface area contributed by atoms with Crippen LogP contribution in [0.5, 0.6) is 0 Å². The molecule has 0 aromatic carbocycles. The first-order valence-corrected chi connectivity index (χ1v) is 7.68. The Hall–Kier alpha value is 0.270. The summed E-state index contributed by atoms with van der Waals surface area (Å²) in [6, 6.07) is 0. The molecule has 94 valence electrons. The number of nitrogens with two attached hydrogens (primary N) is 1. The lowest BCUT2D eigenvalue weighted by atomic mass is 9.87. The number of likely N-dealkylation sites (N-methyl/N-ethyl adjacent to an activating group) is 1. The maximum Gasteiger partial charge on any atom is 0.0444 e. The van der Waals surface area contributed by atoms with Gasteiger partial charge in [-0.3, -0.25) is 4.90 Å². The van der Waals surface area contributed by atoms with Crippen molar-refractivity contribution in [3.05, 3.63) is 0 Å². The third-order valence-electron chi connectivity index (χ3n) is 4.78. The molecule has 2 aliphatic rings. The van der Waals surface area contributed by atoms with Gasteiger partial charge in [0.05, 0.1) is 0 Å². The third-order valence-corrected chi connectivity index (χ3v) is 6.24. The molecule has 1 heterocycles. The van der Waals surface area contributed by atoms with Gasteiger partial charge >= 0.3 is 0 Å². The number of rotatable bonds is 4. The fourth-order valence-electron chi connectivity index (χ4n) is 3.11. The summed E-state index contributed by atoms with van der Waals surface area (Å²) in [6.07, 6.45) is 4.04. The Bertz CT molecular complexity index is 246. The summed E-state index contributed by atoms with van der Waals surface area (Å²) in [7, 11) is 2.29. The Morgan fingerprint density at radius 2 is 2.12 bits per heavy atom. The van der Waals surface area contributed by atoms with Gasteiger partial charge in [0.15, 0.2) is 0 Å². The first-order valence-electron chi connectivity index (χ1n) is 6.63. The lowest BCUT2D eigenvalue weighted by Gasteiger charge is -2.48. The summed E-state index contributed by atoms with van der Waals surface area (Å²) in [6.45, 7) is 6.80. The molecule has 2 N–H and O–H groups in total. The van der Waals surface area contributed by atoms with E-state index in [0.717, 1.165) is 18.4 Å². The Labute approximate surface area is 104 Å². The quantitative estimate of drug-likeness (QED) is 0.819. The molecule has 2 rings (SSSR count). The van der Waals surface area contributed by atoms with E-state index in [0.29, 0.717) is 5.25 Å². The van der Waals surface area contributed by atoms with Crippen LogP contribution in [-0.4, -0.2) is 41.6 Å². The van der Waals surface area contributed by atoms with E-state index >= 15 is 0 Å². The van der Waals surface area contributed by atoms with Crippen LogP contribution in [0.15, 0.2) is 0 Å². The highest BCUT2D eigenvalue weighted by molar-refractivity contribution is 8.00. The van der Waals surface area contributed by atoms with Crippen molar-refractivity contribution < 1.29 is 0 Å². The Balaban J connectivity index is 2.00. The molecule has 16 heavy (non-hydrogen) atoms. The van der Waals surface area contributed by atoms with Crippen LogP contribution in [0.1, 0.15) is 33.1 Å². The molecule has 0 aromatic rings.